The van der Waals surface area contributed by atoms with Crippen LogP contribution in [0.4, 0.5) is 0 Å². The highest BCUT2D eigenvalue weighted by Gasteiger charge is 2.30. The molecule has 0 fully saturated rings. The minimum absolute atomic E-state index is 0.0853. The monoisotopic (exact) mass is 174 g/mol. The summed E-state index contributed by atoms with van der Waals surface area (Å²) in [7, 11) is 0. The molecule has 0 aliphatic rings. The SMILES string of the molecule is CCCC(O)C(C)(CO)CCC. The fraction of sp³-hybridized carbons (Fsp3) is 1.00. The van der Waals surface area contributed by atoms with E-state index in [4.69, 9.17) is 5.11 Å². The molecule has 0 bridgehead atoms. The summed E-state index contributed by atoms with van der Waals surface area (Å²) < 4.78 is 0. The third-order valence-corrected chi connectivity index (χ3v) is 2.55. The zero-order valence-corrected chi connectivity index (χ0v) is 8.51. The van der Waals surface area contributed by atoms with E-state index in [1.807, 2.05) is 13.8 Å². The van der Waals surface area contributed by atoms with Crippen LogP contribution in [0.1, 0.15) is 46.5 Å². The number of aliphatic hydroxyl groups excluding tert-OH is 2. The van der Waals surface area contributed by atoms with Gasteiger partial charge >= 0.3 is 0 Å². The van der Waals surface area contributed by atoms with Crippen molar-refractivity contribution in [2.75, 3.05) is 6.61 Å². The second-order valence-corrected chi connectivity index (χ2v) is 3.87. The fourth-order valence-corrected chi connectivity index (χ4v) is 1.54. The van der Waals surface area contributed by atoms with Crippen LogP contribution in [0.25, 0.3) is 0 Å². The van der Waals surface area contributed by atoms with E-state index in [9.17, 15) is 5.11 Å². The van der Waals surface area contributed by atoms with Crippen molar-refractivity contribution in [1.29, 1.82) is 0 Å². The molecule has 0 heterocycles. The maximum atomic E-state index is 9.74. The molecular weight excluding hydrogens is 152 g/mol. The van der Waals surface area contributed by atoms with Crippen LogP contribution in [0.2, 0.25) is 0 Å². The molecule has 0 aromatic carbocycles. The number of hydrogen-bond acceptors (Lipinski definition) is 2. The van der Waals surface area contributed by atoms with Crippen molar-refractivity contribution in [2.45, 2.75) is 52.6 Å². The van der Waals surface area contributed by atoms with Gasteiger partial charge in [0.15, 0.2) is 0 Å². The lowest BCUT2D eigenvalue weighted by Gasteiger charge is -2.32. The van der Waals surface area contributed by atoms with Gasteiger partial charge in [-0.15, -0.1) is 0 Å². The standard InChI is InChI=1S/C10H22O2/c1-4-6-9(12)10(3,8-11)7-5-2/h9,11-12H,4-8H2,1-3H3. The van der Waals surface area contributed by atoms with Crippen molar-refractivity contribution < 1.29 is 10.2 Å². The first-order valence-corrected chi connectivity index (χ1v) is 4.89. The van der Waals surface area contributed by atoms with Crippen LogP contribution in [-0.4, -0.2) is 22.9 Å². The summed E-state index contributed by atoms with van der Waals surface area (Å²) in [5.41, 5.74) is -0.287. The highest BCUT2D eigenvalue weighted by atomic mass is 16.3. The average molecular weight is 174 g/mol. The lowest BCUT2D eigenvalue weighted by atomic mass is 9.79. The summed E-state index contributed by atoms with van der Waals surface area (Å²) in [6, 6.07) is 0. The first-order valence-electron chi connectivity index (χ1n) is 4.89. The Morgan fingerprint density at radius 2 is 1.83 bits per heavy atom. The maximum absolute atomic E-state index is 9.74. The van der Waals surface area contributed by atoms with Gasteiger partial charge in [-0.2, -0.15) is 0 Å². The number of aliphatic hydroxyl groups is 2. The smallest absolute Gasteiger partial charge is 0.0615 e. The molecule has 12 heavy (non-hydrogen) atoms. The van der Waals surface area contributed by atoms with E-state index in [2.05, 4.69) is 6.92 Å². The summed E-state index contributed by atoms with van der Waals surface area (Å²) >= 11 is 0. The molecule has 0 radical (unpaired) electrons. The van der Waals surface area contributed by atoms with Crippen LogP contribution in [-0.2, 0) is 0 Å². The molecule has 0 spiro atoms. The Labute approximate surface area is 75.6 Å². The molecule has 0 aromatic heterocycles. The van der Waals surface area contributed by atoms with E-state index in [1.54, 1.807) is 0 Å². The molecule has 0 aromatic rings. The van der Waals surface area contributed by atoms with Crippen LogP contribution in [0, 0.1) is 5.41 Å². The Morgan fingerprint density at radius 1 is 1.25 bits per heavy atom. The van der Waals surface area contributed by atoms with Crippen LogP contribution in [0.3, 0.4) is 0 Å². The number of rotatable bonds is 6. The van der Waals surface area contributed by atoms with Gasteiger partial charge in [0.05, 0.1) is 12.7 Å². The number of hydrogen-bond donors (Lipinski definition) is 2. The Hall–Kier alpha value is -0.0800. The quantitative estimate of drug-likeness (QED) is 0.646. The Bertz CT molecular complexity index is 114. The summed E-state index contributed by atoms with van der Waals surface area (Å²) in [6.45, 7) is 6.17. The van der Waals surface area contributed by atoms with Crippen LogP contribution in [0.5, 0.6) is 0 Å². The van der Waals surface area contributed by atoms with E-state index >= 15 is 0 Å². The van der Waals surface area contributed by atoms with Crippen molar-refractivity contribution >= 4 is 0 Å². The second-order valence-electron chi connectivity index (χ2n) is 3.87. The largest absolute Gasteiger partial charge is 0.396 e. The molecule has 0 saturated carbocycles. The van der Waals surface area contributed by atoms with Crippen LogP contribution in [0.15, 0.2) is 0 Å². The molecule has 0 rings (SSSR count). The van der Waals surface area contributed by atoms with Crippen LogP contribution < -0.4 is 0 Å². The lowest BCUT2D eigenvalue weighted by Crippen LogP contribution is -2.35. The molecule has 2 heteroatoms. The molecule has 0 amide bonds. The molecule has 74 valence electrons. The van der Waals surface area contributed by atoms with Gasteiger partial charge in [-0.3, -0.25) is 0 Å². The van der Waals surface area contributed by atoms with Gasteiger partial charge in [-0.25, -0.2) is 0 Å². The predicted molar refractivity (Wildman–Crippen MR) is 51.0 cm³/mol. The van der Waals surface area contributed by atoms with Gasteiger partial charge in [-0.05, 0) is 12.8 Å². The molecule has 2 nitrogen and oxygen atoms in total. The first-order chi connectivity index (χ1) is 5.60. The van der Waals surface area contributed by atoms with Crippen molar-refractivity contribution in [3.8, 4) is 0 Å². The highest BCUT2D eigenvalue weighted by Crippen LogP contribution is 2.29. The predicted octanol–water partition coefficient (Wildman–Crippen LogP) is 1.95. The summed E-state index contributed by atoms with van der Waals surface area (Å²) in [4.78, 5) is 0. The Balaban J connectivity index is 4.08. The molecule has 2 atom stereocenters. The zero-order chi connectivity index (χ0) is 9.61. The van der Waals surface area contributed by atoms with Gasteiger partial charge in [-0.1, -0.05) is 33.6 Å². The third-order valence-electron chi connectivity index (χ3n) is 2.55. The summed E-state index contributed by atoms with van der Waals surface area (Å²) in [6.07, 6.45) is 3.31. The first kappa shape index (κ1) is 11.9. The maximum Gasteiger partial charge on any atom is 0.0615 e. The minimum atomic E-state index is -0.354. The lowest BCUT2D eigenvalue weighted by molar-refractivity contribution is -0.0162. The van der Waals surface area contributed by atoms with E-state index < -0.39 is 0 Å². The fourth-order valence-electron chi connectivity index (χ4n) is 1.54. The van der Waals surface area contributed by atoms with Crippen molar-refractivity contribution in [3.05, 3.63) is 0 Å². The normalized spacial score (nSPS) is 18.8. The molecule has 0 aliphatic heterocycles. The summed E-state index contributed by atoms with van der Waals surface area (Å²) in [5, 5.41) is 18.9. The summed E-state index contributed by atoms with van der Waals surface area (Å²) in [5.74, 6) is 0. The Morgan fingerprint density at radius 3 is 2.17 bits per heavy atom. The molecule has 0 aliphatic carbocycles. The van der Waals surface area contributed by atoms with Gasteiger partial charge in [0, 0.05) is 5.41 Å². The molecular formula is C10H22O2. The average Bonchev–Trinajstić information content (AvgIpc) is 2.05. The van der Waals surface area contributed by atoms with Gasteiger partial charge in [0.2, 0.25) is 0 Å². The van der Waals surface area contributed by atoms with Crippen molar-refractivity contribution in [3.63, 3.8) is 0 Å². The topological polar surface area (TPSA) is 40.5 Å². The second kappa shape index (κ2) is 5.55. The van der Waals surface area contributed by atoms with E-state index in [1.165, 1.54) is 0 Å². The van der Waals surface area contributed by atoms with E-state index in [0.29, 0.717) is 0 Å². The van der Waals surface area contributed by atoms with Gasteiger partial charge in [0.25, 0.3) is 0 Å². The zero-order valence-electron chi connectivity index (χ0n) is 8.51. The third kappa shape index (κ3) is 3.11. The van der Waals surface area contributed by atoms with Crippen molar-refractivity contribution in [2.24, 2.45) is 5.41 Å². The van der Waals surface area contributed by atoms with Gasteiger partial charge < -0.3 is 10.2 Å². The van der Waals surface area contributed by atoms with Crippen LogP contribution >= 0.6 is 0 Å². The van der Waals surface area contributed by atoms with E-state index in [-0.39, 0.29) is 18.1 Å². The van der Waals surface area contributed by atoms with Gasteiger partial charge in [0.1, 0.15) is 0 Å². The Kier molecular flexibility index (Phi) is 5.51. The molecule has 2 unspecified atom stereocenters. The molecule has 0 saturated heterocycles. The van der Waals surface area contributed by atoms with E-state index in [0.717, 1.165) is 25.7 Å². The molecule has 2 N–H and O–H groups in total. The highest BCUT2D eigenvalue weighted by molar-refractivity contribution is 4.80. The van der Waals surface area contributed by atoms with Crippen molar-refractivity contribution in [1.82, 2.24) is 0 Å². The minimum Gasteiger partial charge on any atom is -0.396 e.